The van der Waals surface area contributed by atoms with Crippen molar-refractivity contribution in [2.75, 3.05) is 26.6 Å². The van der Waals surface area contributed by atoms with E-state index in [1.165, 1.54) is 27.4 Å². The van der Waals surface area contributed by atoms with Gasteiger partial charge < -0.3 is 24.3 Å². The minimum Gasteiger partial charge on any atom is -0.493 e. The van der Waals surface area contributed by atoms with Crippen LogP contribution >= 0.6 is 11.6 Å². The van der Waals surface area contributed by atoms with E-state index in [0.29, 0.717) is 39.3 Å². The molecular weight excluding hydrogens is 418 g/mol. The van der Waals surface area contributed by atoms with Gasteiger partial charge in [0.25, 0.3) is 0 Å². The molecule has 0 bridgehead atoms. The van der Waals surface area contributed by atoms with E-state index in [9.17, 15) is 4.79 Å². The summed E-state index contributed by atoms with van der Waals surface area (Å²) in [7, 11) is 4.51. The van der Waals surface area contributed by atoms with E-state index in [1.807, 2.05) is 24.3 Å². The number of hydrogen-bond donors (Lipinski definition) is 1. The molecule has 0 aromatic heterocycles. The van der Waals surface area contributed by atoms with E-state index in [1.54, 1.807) is 42.6 Å². The molecule has 3 rings (SSSR count). The lowest BCUT2D eigenvalue weighted by atomic mass is 10.1. The molecule has 0 atom stereocenters. The van der Waals surface area contributed by atoms with Gasteiger partial charge >= 0.3 is 0 Å². The lowest BCUT2D eigenvalue weighted by Crippen LogP contribution is -2.01. The maximum Gasteiger partial charge on any atom is 0.203 e. The van der Waals surface area contributed by atoms with E-state index in [0.717, 1.165) is 5.69 Å². The number of hydrogen-bond acceptors (Lipinski definition) is 6. The lowest BCUT2D eigenvalue weighted by Gasteiger charge is -2.13. The molecule has 7 heteroatoms. The summed E-state index contributed by atoms with van der Waals surface area (Å²) < 4.78 is 21.6. The predicted octanol–water partition coefficient (Wildman–Crippen LogP) is 5.97. The summed E-state index contributed by atoms with van der Waals surface area (Å²) in [4.78, 5) is 12.5. The summed E-state index contributed by atoms with van der Waals surface area (Å²) >= 11 is 6.11. The first-order valence-electron chi connectivity index (χ1n) is 9.35. The fourth-order valence-electron chi connectivity index (χ4n) is 2.81. The number of ether oxygens (including phenoxy) is 4. The first kappa shape index (κ1) is 22.1. The molecule has 0 aliphatic heterocycles. The first-order chi connectivity index (χ1) is 15.0. The van der Waals surface area contributed by atoms with E-state index >= 15 is 0 Å². The number of halogens is 1. The quantitative estimate of drug-likeness (QED) is 0.327. The van der Waals surface area contributed by atoms with Gasteiger partial charge in [0.05, 0.1) is 26.4 Å². The summed E-state index contributed by atoms with van der Waals surface area (Å²) in [5.41, 5.74) is 1.21. The summed E-state index contributed by atoms with van der Waals surface area (Å²) in [5, 5.41) is 3.60. The average Bonchev–Trinajstić information content (AvgIpc) is 2.80. The molecule has 0 aliphatic carbocycles. The van der Waals surface area contributed by atoms with Crippen LogP contribution in [0, 0.1) is 0 Å². The highest BCUT2D eigenvalue weighted by Crippen LogP contribution is 2.38. The van der Waals surface area contributed by atoms with Crippen molar-refractivity contribution in [3.05, 3.63) is 83.5 Å². The fraction of sp³-hybridized carbons (Fsp3) is 0.125. The molecule has 31 heavy (non-hydrogen) atoms. The highest BCUT2D eigenvalue weighted by molar-refractivity contribution is 6.32. The third kappa shape index (κ3) is 5.49. The van der Waals surface area contributed by atoms with Gasteiger partial charge in [-0.15, -0.1) is 0 Å². The van der Waals surface area contributed by atoms with Gasteiger partial charge in [-0.3, -0.25) is 4.79 Å². The molecule has 1 N–H and O–H groups in total. The zero-order chi connectivity index (χ0) is 22.2. The Morgan fingerprint density at radius 2 is 1.52 bits per heavy atom. The molecule has 160 valence electrons. The SMILES string of the molecule is COc1cc(C(=O)/C=C/Nc2ccc(Oc3ccccc3Cl)cc2)cc(OC)c1OC. The Morgan fingerprint density at radius 3 is 2.10 bits per heavy atom. The Morgan fingerprint density at radius 1 is 0.871 bits per heavy atom. The van der Waals surface area contributed by atoms with Gasteiger partial charge in [0.2, 0.25) is 5.75 Å². The second-order valence-corrected chi connectivity index (χ2v) is 6.72. The van der Waals surface area contributed by atoms with Crippen LogP contribution in [0.5, 0.6) is 28.7 Å². The standard InChI is InChI=1S/C24H22ClNO5/c1-28-22-14-16(15-23(29-2)24(22)30-3)20(27)12-13-26-17-8-10-18(11-9-17)31-21-7-5-4-6-19(21)25/h4-15,26H,1-3H3/b13-12+. The number of allylic oxidation sites excluding steroid dienone is 1. The van der Waals surface area contributed by atoms with Crippen molar-refractivity contribution in [3.8, 4) is 28.7 Å². The van der Waals surface area contributed by atoms with Crippen LogP contribution in [0.2, 0.25) is 5.02 Å². The Kier molecular flexibility index (Phi) is 7.40. The zero-order valence-electron chi connectivity index (χ0n) is 17.3. The van der Waals surface area contributed by atoms with E-state index in [4.69, 9.17) is 30.5 Å². The average molecular weight is 440 g/mol. The Bertz CT molecular complexity index is 1050. The normalized spacial score (nSPS) is 10.6. The smallest absolute Gasteiger partial charge is 0.203 e. The number of carbonyl (C=O) groups is 1. The van der Waals surface area contributed by atoms with Gasteiger partial charge in [-0.2, -0.15) is 0 Å². The first-order valence-corrected chi connectivity index (χ1v) is 9.73. The van der Waals surface area contributed by atoms with Crippen LogP contribution in [-0.4, -0.2) is 27.1 Å². The van der Waals surface area contributed by atoms with E-state index < -0.39 is 0 Å². The molecule has 6 nitrogen and oxygen atoms in total. The van der Waals surface area contributed by atoms with Crippen LogP contribution in [0.4, 0.5) is 5.69 Å². The molecule has 0 saturated heterocycles. The zero-order valence-corrected chi connectivity index (χ0v) is 18.1. The highest BCUT2D eigenvalue weighted by Gasteiger charge is 2.15. The molecule has 3 aromatic rings. The summed E-state index contributed by atoms with van der Waals surface area (Å²) in [6.07, 6.45) is 2.99. The van der Waals surface area contributed by atoms with Crippen LogP contribution in [-0.2, 0) is 0 Å². The van der Waals surface area contributed by atoms with Gasteiger partial charge in [0.1, 0.15) is 11.5 Å². The molecule has 0 unspecified atom stereocenters. The summed E-state index contributed by atoms with van der Waals surface area (Å²) in [6, 6.07) is 17.8. The maximum absolute atomic E-state index is 12.5. The van der Waals surface area contributed by atoms with Crippen LogP contribution < -0.4 is 24.3 Å². The number of anilines is 1. The molecule has 0 saturated carbocycles. The van der Waals surface area contributed by atoms with Crippen LogP contribution in [0.3, 0.4) is 0 Å². The third-order valence-corrected chi connectivity index (χ3v) is 4.66. The molecule has 0 radical (unpaired) electrons. The second kappa shape index (κ2) is 10.4. The van der Waals surface area contributed by atoms with Crippen molar-refractivity contribution in [2.24, 2.45) is 0 Å². The van der Waals surface area contributed by atoms with Crippen LogP contribution in [0.15, 0.2) is 72.9 Å². The van der Waals surface area contributed by atoms with Crippen molar-refractivity contribution in [3.63, 3.8) is 0 Å². The number of rotatable bonds is 9. The monoisotopic (exact) mass is 439 g/mol. The minimum atomic E-state index is -0.217. The Balaban J connectivity index is 1.65. The topological polar surface area (TPSA) is 66.0 Å². The predicted molar refractivity (Wildman–Crippen MR) is 121 cm³/mol. The van der Waals surface area contributed by atoms with Crippen molar-refractivity contribution in [1.29, 1.82) is 0 Å². The Labute approximate surface area is 186 Å². The maximum atomic E-state index is 12.5. The van der Waals surface area contributed by atoms with E-state index in [2.05, 4.69) is 5.32 Å². The number of ketones is 1. The van der Waals surface area contributed by atoms with Gasteiger partial charge in [-0.1, -0.05) is 23.7 Å². The van der Waals surface area contributed by atoms with Crippen molar-refractivity contribution >= 4 is 23.1 Å². The van der Waals surface area contributed by atoms with Crippen LogP contribution in [0.1, 0.15) is 10.4 Å². The van der Waals surface area contributed by atoms with Crippen LogP contribution in [0.25, 0.3) is 0 Å². The number of benzene rings is 3. The van der Waals surface area contributed by atoms with Crippen molar-refractivity contribution in [1.82, 2.24) is 0 Å². The van der Waals surface area contributed by atoms with Gasteiger partial charge in [-0.05, 0) is 48.5 Å². The Hall–Kier alpha value is -3.64. The second-order valence-electron chi connectivity index (χ2n) is 6.31. The fourth-order valence-corrected chi connectivity index (χ4v) is 2.98. The number of nitrogens with one attached hydrogen (secondary N) is 1. The molecule has 0 aliphatic rings. The number of methoxy groups -OCH3 is 3. The summed E-state index contributed by atoms with van der Waals surface area (Å²) in [6.45, 7) is 0. The molecule has 3 aromatic carbocycles. The largest absolute Gasteiger partial charge is 0.493 e. The third-order valence-electron chi connectivity index (χ3n) is 4.35. The van der Waals surface area contributed by atoms with Crippen molar-refractivity contribution in [2.45, 2.75) is 0 Å². The molecule has 0 amide bonds. The molecular formula is C24H22ClNO5. The minimum absolute atomic E-state index is 0.217. The summed E-state index contributed by atoms with van der Waals surface area (Å²) in [5.74, 6) is 2.28. The van der Waals surface area contributed by atoms with Crippen molar-refractivity contribution < 1.29 is 23.7 Å². The highest BCUT2D eigenvalue weighted by atomic mass is 35.5. The number of carbonyl (C=O) groups excluding carboxylic acids is 1. The van der Waals surface area contributed by atoms with Gasteiger partial charge in [0.15, 0.2) is 17.3 Å². The van der Waals surface area contributed by atoms with E-state index in [-0.39, 0.29) is 5.78 Å². The molecule has 0 heterocycles. The van der Waals surface area contributed by atoms with Gasteiger partial charge in [0, 0.05) is 23.5 Å². The molecule has 0 fully saturated rings. The number of para-hydroxylation sites is 1. The lowest BCUT2D eigenvalue weighted by molar-refractivity contribution is 0.104. The molecule has 0 spiro atoms. The van der Waals surface area contributed by atoms with Gasteiger partial charge in [-0.25, -0.2) is 0 Å².